The molecule has 0 bridgehead atoms. The fraction of sp³-hybridized carbons (Fsp3) is 0.500. The first-order valence-corrected chi connectivity index (χ1v) is 2.30. The molecule has 0 rings (SSSR count). The van der Waals surface area contributed by atoms with E-state index in [9.17, 15) is 9.59 Å². The first-order chi connectivity index (χ1) is 4.04. The number of rotatable bonds is 3. The number of hydrogen-bond acceptors (Lipinski definition) is 3. The molecule has 0 heterocycles. The van der Waals surface area contributed by atoms with E-state index in [1.165, 1.54) is 0 Å². The number of carboxylic acid groups (broad SMARTS) is 1. The third-order valence-corrected chi connectivity index (χ3v) is 0.738. The molecule has 0 unspecified atom stereocenters. The van der Waals surface area contributed by atoms with Gasteiger partial charge in [-0.2, -0.15) is 0 Å². The van der Waals surface area contributed by atoms with Crippen molar-refractivity contribution in [3.63, 3.8) is 0 Å². The molecule has 0 spiro atoms. The number of carbonyl (C=O) groups is 2. The molecule has 0 aromatic carbocycles. The molecule has 5 N–H and O–H groups in total. The van der Waals surface area contributed by atoms with Gasteiger partial charge in [-0.05, 0) is 0 Å². The van der Waals surface area contributed by atoms with Crippen LogP contribution in [0.25, 0.3) is 0 Å². The molecule has 8 heteroatoms. The van der Waals surface area contributed by atoms with Gasteiger partial charge in [0.05, 0.1) is 6.42 Å². The molecule has 76 valence electrons. The molecule has 0 saturated carbocycles. The lowest BCUT2D eigenvalue weighted by Gasteiger charge is -1.99. The molecule has 0 aliphatic carbocycles. The third-order valence-electron chi connectivity index (χ3n) is 0.738. The van der Waals surface area contributed by atoms with Crippen LogP contribution >= 0.6 is 37.2 Å². The summed E-state index contributed by atoms with van der Waals surface area (Å²) in [5.41, 5.74) is 9.57. The van der Waals surface area contributed by atoms with Gasteiger partial charge in [0.1, 0.15) is 6.04 Å². The van der Waals surface area contributed by atoms with Gasteiger partial charge in [-0.1, -0.05) is 0 Å². The van der Waals surface area contributed by atoms with E-state index in [0.29, 0.717) is 0 Å². The maximum Gasteiger partial charge on any atom is 0.321 e. The zero-order valence-corrected chi connectivity index (χ0v) is 8.38. The van der Waals surface area contributed by atoms with Crippen LogP contribution in [0.2, 0.25) is 0 Å². The van der Waals surface area contributed by atoms with E-state index in [0.717, 1.165) is 0 Å². The van der Waals surface area contributed by atoms with Gasteiger partial charge in [0.15, 0.2) is 0 Å². The van der Waals surface area contributed by atoms with Gasteiger partial charge in [0.25, 0.3) is 0 Å². The Kier molecular flexibility index (Phi) is 20.3. The van der Waals surface area contributed by atoms with E-state index >= 15 is 0 Å². The summed E-state index contributed by atoms with van der Waals surface area (Å²) in [6.45, 7) is 0. The lowest BCUT2D eigenvalue weighted by molar-refractivity contribution is -0.140. The highest BCUT2D eigenvalue weighted by molar-refractivity contribution is 5.86. The maximum absolute atomic E-state index is 9.99. The standard InChI is InChI=1S/C4H8N2O3.3ClH/c5-2(4(8)9)1-3(6)7;;;/h2H,1,5H2,(H2,6,7)(H,8,9);3*1H/t2-;;;/m0.../s1. The minimum Gasteiger partial charge on any atom is -0.480 e. The molecule has 0 aliphatic rings. The second-order valence-electron chi connectivity index (χ2n) is 1.62. The second kappa shape index (κ2) is 10.8. The van der Waals surface area contributed by atoms with Crippen molar-refractivity contribution in [1.29, 1.82) is 0 Å². The molecule has 5 nitrogen and oxygen atoms in total. The molecule has 0 radical (unpaired) electrons. The average Bonchev–Trinajstić information content (AvgIpc) is 1.63. The highest BCUT2D eigenvalue weighted by Crippen LogP contribution is 1.84. The monoisotopic (exact) mass is 240 g/mol. The van der Waals surface area contributed by atoms with Crippen LogP contribution in [0, 0.1) is 0 Å². The second-order valence-corrected chi connectivity index (χ2v) is 1.62. The Hall–Kier alpha value is -0.230. The molecule has 0 aliphatic heterocycles. The predicted octanol–water partition coefficient (Wildman–Crippen LogP) is -0.461. The molecule has 0 saturated heterocycles. The first kappa shape index (κ1) is 22.6. The quantitative estimate of drug-likeness (QED) is 0.621. The van der Waals surface area contributed by atoms with Crippen molar-refractivity contribution >= 4 is 49.1 Å². The summed E-state index contributed by atoms with van der Waals surface area (Å²) >= 11 is 0. The average molecular weight is 242 g/mol. The minimum absolute atomic E-state index is 0. The van der Waals surface area contributed by atoms with Gasteiger partial charge in [0.2, 0.25) is 5.91 Å². The van der Waals surface area contributed by atoms with Crippen molar-refractivity contribution < 1.29 is 14.7 Å². The molecule has 1 amide bonds. The summed E-state index contributed by atoms with van der Waals surface area (Å²) < 4.78 is 0. The number of primary amides is 1. The van der Waals surface area contributed by atoms with Crippen molar-refractivity contribution in [3.05, 3.63) is 0 Å². The van der Waals surface area contributed by atoms with Gasteiger partial charge in [-0.25, -0.2) is 0 Å². The van der Waals surface area contributed by atoms with Crippen LogP contribution in [0.4, 0.5) is 0 Å². The maximum atomic E-state index is 9.99. The number of aliphatic carboxylic acids is 1. The topological polar surface area (TPSA) is 106 Å². The number of carboxylic acids is 1. The van der Waals surface area contributed by atoms with Gasteiger partial charge < -0.3 is 16.6 Å². The van der Waals surface area contributed by atoms with Crippen LogP contribution < -0.4 is 11.5 Å². The summed E-state index contributed by atoms with van der Waals surface area (Å²) in [5.74, 6) is -1.92. The van der Waals surface area contributed by atoms with E-state index in [1.807, 2.05) is 0 Å². The zero-order chi connectivity index (χ0) is 7.44. The zero-order valence-electron chi connectivity index (χ0n) is 5.93. The largest absolute Gasteiger partial charge is 0.480 e. The van der Waals surface area contributed by atoms with Crippen LogP contribution in [0.5, 0.6) is 0 Å². The lowest BCUT2D eigenvalue weighted by Crippen LogP contribution is -2.34. The van der Waals surface area contributed by atoms with Crippen LogP contribution in [-0.4, -0.2) is 23.0 Å². The van der Waals surface area contributed by atoms with Crippen LogP contribution in [-0.2, 0) is 9.59 Å². The normalized spacial score (nSPS) is 9.42. The Morgan fingerprint density at radius 2 is 1.58 bits per heavy atom. The predicted molar refractivity (Wildman–Crippen MR) is 51.2 cm³/mol. The van der Waals surface area contributed by atoms with Crippen molar-refractivity contribution in [1.82, 2.24) is 0 Å². The summed E-state index contributed by atoms with van der Waals surface area (Å²) in [7, 11) is 0. The van der Waals surface area contributed by atoms with Gasteiger partial charge in [0, 0.05) is 0 Å². The van der Waals surface area contributed by atoms with Crippen LogP contribution in [0.1, 0.15) is 6.42 Å². The van der Waals surface area contributed by atoms with Crippen molar-refractivity contribution in [2.45, 2.75) is 12.5 Å². The van der Waals surface area contributed by atoms with E-state index in [1.54, 1.807) is 0 Å². The Labute approximate surface area is 88.1 Å². The Balaban J connectivity index is -0.000000107. The highest BCUT2D eigenvalue weighted by atomic mass is 35.5. The molecule has 0 aromatic rings. The summed E-state index contributed by atoms with van der Waals surface area (Å²) in [6, 6.07) is -1.16. The number of halogens is 3. The van der Waals surface area contributed by atoms with Crippen LogP contribution in [0.15, 0.2) is 0 Å². The van der Waals surface area contributed by atoms with Gasteiger partial charge >= 0.3 is 5.97 Å². The fourth-order valence-electron chi connectivity index (χ4n) is 0.304. The van der Waals surface area contributed by atoms with Crippen LogP contribution in [0.3, 0.4) is 0 Å². The minimum atomic E-state index is -1.21. The van der Waals surface area contributed by atoms with Gasteiger partial charge in [-0.3, -0.25) is 9.59 Å². The van der Waals surface area contributed by atoms with Crippen molar-refractivity contribution in [2.24, 2.45) is 11.5 Å². The van der Waals surface area contributed by atoms with E-state index in [4.69, 9.17) is 10.8 Å². The fourth-order valence-corrected chi connectivity index (χ4v) is 0.304. The molecule has 1 atom stereocenters. The van der Waals surface area contributed by atoms with Gasteiger partial charge in [-0.15, -0.1) is 37.2 Å². The first-order valence-electron chi connectivity index (χ1n) is 2.30. The molecular weight excluding hydrogens is 230 g/mol. The summed E-state index contributed by atoms with van der Waals surface area (Å²) in [6.07, 6.45) is -0.310. The van der Waals surface area contributed by atoms with Crippen molar-refractivity contribution in [2.75, 3.05) is 0 Å². The van der Waals surface area contributed by atoms with Crippen molar-refractivity contribution in [3.8, 4) is 0 Å². The molecule has 0 fully saturated rings. The highest BCUT2D eigenvalue weighted by Gasteiger charge is 2.13. The Morgan fingerprint density at radius 3 is 1.67 bits per heavy atom. The summed E-state index contributed by atoms with van der Waals surface area (Å²) in [4.78, 5) is 19.9. The van der Waals surface area contributed by atoms with E-state index in [2.05, 4.69) is 5.73 Å². The Bertz CT molecular complexity index is 144. The number of nitrogens with two attached hydrogens (primary N) is 2. The molecule has 12 heavy (non-hydrogen) atoms. The van der Waals surface area contributed by atoms with E-state index < -0.39 is 17.9 Å². The third kappa shape index (κ3) is 12.4. The number of carbonyl (C=O) groups excluding carboxylic acids is 1. The number of amides is 1. The summed E-state index contributed by atoms with van der Waals surface area (Å²) in [5, 5.41) is 8.10. The Morgan fingerprint density at radius 1 is 1.25 bits per heavy atom. The molecular formula is C4H11Cl3N2O3. The smallest absolute Gasteiger partial charge is 0.321 e. The SMILES string of the molecule is Cl.Cl.Cl.NC(=O)C[C@H](N)C(=O)O. The number of hydrogen-bond donors (Lipinski definition) is 3. The van der Waals surface area contributed by atoms with E-state index in [-0.39, 0.29) is 43.6 Å². The lowest BCUT2D eigenvalue weighted by atomic mass is 10.2. The molecule has 0 aromatic heterocycles.